The number of aliphatic hydroxyl groups is 1. The first-order valence-electron chi connectivity index (χ1n) is 8.81. The van der Waals surface area contributed by atoms with Crippen LogP contribution in [0.3, 0.4) is 0 Å². The van der Waals surface area contributed by atoms with E-state index in [9.17, 15) is 29.5 Å². The van der Waals surface area contributed by atoms with Crippen molar-refractivity contribution >= 4 is 63.8 Å². The van der Waals surface area contributed by atoms with E-state index in [4.69, 9.17) is 15.9 Å². The van der Waals surface area contributed by atoms with Crippen molar-refractivity contribution in [3.05, 3.63) is 27.8 Å². The number of carboxylic acids is 2. The Hall–Kier alpha value is -2.14. The molecule has 14 heteroatoms. The highest BCUT2D eigenvalue weighted by atomic mass is 127. The molecule has 0 spiro atoms. The van der Waals surface area contributed by atoms with Crippen molar-refractivity contribution < 1.29 is 39.7 Å². The van der Waals surface area contributed by atoms with Crippen LogP contribution in [0, 0.1) is 3.57 Å². The van der Waals surface area contributed by atoms with Crippen LogP contribution < -0.4 is 21.4 Å². The van der Waals surface area contributed by atoms with E-state index in [1.807, 2.05) is 0 Å². The number of hydrogen-bond acceptors (Lipinski definition) is 9. The van der Waals surface area contributed by atoms with E-state index in [1.165, 1.54) is 0 Å². The Balaban J connectivity index is 2.72. The lowest BCUT2D eigenvalue weighted by Crippen LogP contribution is -2.50. The molecule has 31 heavy (non-hydrogen) atoms. The van der Waals surface area contributed by atoms with Gasteiger partial charge in [0.1, 0.15) is 18.6 Å². The molecule has 0 unspecified atom stereocenters. The molecule has 0 aliphatic heterocycles. The summed E-state index contributed by atoms with van der Waals surface area (Å²) in [5, 5.41) is 42.8. The lowest BCUT2D eigenvalue weighted by Gasteiger charge is -2.25. The minimum Gasteiger partial charge on any atom is -0.480 e. The molecule has 12 nitrogen and oxygen atoms in total. The maximum Gasteiger partial charge on any atom is 0.322 e. The number of thioether (sulfide) groups is 1. The van der Waals surface area contributed by atoms with Gasteiger partial charge in [0.15, 0.2) is 5.56 Å². The smallest absolute Gasteiger partial charge is 0.322 e. The van der Waals surface area contributed by atoms with Gasteiger partial charge in [0.05, 0.1) is 5.69 Å². The number of carbonyl (C=O) groups is 4. The highest BCUT2D eigenvalue weighted by Crippen LogP contribution is 2.21. The predicted molar refractivity (Wildman–Crippen MR) is 119 cm³/mol. The Bertz CT molecular complexity index is 782. The number of benzene rings is 1. The molecule has 0 saturated carbocycles. The molecule has 8 N–H and O–H groups in total. The Morgan fingerprint density at radius 2 is 1.77 bits per heavy atom. The van der Waals surface area contributed by atoms with E-state index in [0.29, 0.717) is 22.5 Å². The fourth-order valence-electron chi connectivity index (χ4n) is 2.12. The average Bonchev–Trinajstić information content (AvgIpc) is 2.72. The van der Waals surface area contributed by atoms with Crippen LogP contribution in [0.25, 0.3) is 0 Å². The van der Waals surface area contributed by atoms with E-state index in [1.54, 1.807) is 24.3 Å². The van der Waals surface area contributed by atoms with Crippen LogP contribution in [0.15, 0.2) is 24.3 Å². The number of hydrogen-bond donors (Lipinski definition) is 7. The summed E-state index contributed by atoms with van der Waals surface area (Å²) in [5.41, 5.74) is 4.13. The van der Waals surface area contributed by atoms with Gasteiger partial charge in [-0.05, 0) is 53.3 Å². The van der Waals surface area contributed by atoms with Crippen molar-refractivity contribution in [1.82, 2.24) is 10.6 Å². The highest BCUT2D eigenvalue weighted by Gasteiger charge is 2.25. The number of rotatable bonds is 13. The number of nitrogens with one attached hydrogen (secondary N) is 2. The molecule has 3 atom stereocenters. The Morgan fingerprint density at radius 3 is 2.32 bits per heavy atom. The summed E-state index contributed by atoms with van der Waals surface area (Å²) in [6.45, 7) is -0.683. The van der Waals surface area contributed by atoms with Gasteiger partial charge in [-0.2, -0.15) is 0 Å². The Kier molecular flexibility index (Phi) is 11.5. The zero-order valence-electron chi connectivity index (χ0n) is 16.1. The second kappa shape index (κ2) is 13.3. The molecule has 0 aromatic heterocycles. The van der Waals surface area contributed by atoms with Crippen LogP contribution in [0.4, 0.5) is 5.69 Å². The normalized spacial score (nSPS) is 13.5. The van der Waals surface area contributed by atoms with Gasteiger partial charge in [0, 0.05) is 15.7 Å². The van der Waals surface area contributed by atoms with E-state index in [2.05, 4.69) is 33.2 Å². The Labute approximate surface area is 195 Å². The summed E-state index contributed by atoms with van der Waals surface area (Å²) < 4.78 is 0.914. The zero-order valence-corrected chi connectivity index (χ0v) is 19.1. The van der Waals surface area contributed by atoms with Gasteiger partial charge in [0.25, 0.3) is 0 Å². The van der Waals surface area contributed by atoms with E-state index in [0.717, 1.165) is 3.57 Å². The third-order valence-electron chi connectivity index (χ3n) is 3.78. The highest BCUT2D eigenvalue weighted by molar-refractivity contribution is 14.1. The standard InChI is InChI=1S/C17H23IN4O8S/c18-9-1-3-10(4-2-9)22(30)17(29)31-8-12(15(26)20-7-14(24)25)21-13(23)6-5-11(19)16(27)28/h1-4,11-12,17,29-30H,5-8,19H2,(H,20,26)(H,21,23)(H,24,25)(H,27,28)/t11-,12-,17+/m0/s1. The first-order chi connectivity index (χ1) is 14.5. The number of halogens is 1. The van der Waals surface area contributed by atoms with Crippen molar-refractivity contribution in [3.63, 3.8) is 0 Å². The maximum absolute atomic E-state index is 12.2. The van der Waals surface area contributed by atoms with Crippen LogP contribution in [-0.4, -0.2) is 74.2 Å². The lowest BCUT2D eigenvalue weighted by molar-refractivity contribution is -0.139. The second-order valence-corrected chi connectivity index (χ2v) is 8.53. The zero-order chi connectivity index (χ0) is 23.6. The SMILES string of the molecule is N[C@@H](CCC(=O)N[C@@H](CS[C@@H](O)N(O)c1ccc(I)cc1)C(=O)NCC(=O)O)C(=O)O. The van der Waals surface area contributed by atoms with Gasteiger partial charge in [-0.1, -0.05) is 0 Å². The van der Waals surface area contributed by atoms with Crippen LogP contribution in [0.5, 0.6) is 0 Å². The first kappa shape index (κ1) is 26.9. The molecular formula is C17H23IN4O8S. The molecule has 2 amide bonds. The predicted octanol–water partition coefficient (Wildman–Crippen LogP) is -0.626. The minimum absolute atomic E-state index is 0.169. The maximum atomic E-state index is 12.2. The van der Waals surface area contributed by atoms with Crippen LogP contribution in [0.1, 0.15) is 12.8 Å². The van der Waals surface area contributed by atoms with Crippen molar-refractivity contribution in [1.29, 1.82) is 0 Å². The largest absolute Gasteiger partial charge is 0.480 e. The number of nitrogens with two attached hydrogens (primary N) is 1. The summed E-state index contributed by atoms with van der Waals surface area (Å²) in [5.74, 6) is -4.29. The van der Waals surface area contributed by atoms with Crippen molar-refractivity contribution in [3.8, 4) is 0 Å². The summed E-state index contributed by atoms with van der Waals surface area (Å²) in [6, 6.07) is 4.05. The van der Waals surface area contributed by atoms with E-state index < -0.39 is 47.9 Å². The van der Waals surface area contributed by atoms with Crippen molar-refractivity contribution in [2.75, 3.05) is 17.4 Å². The number of aliphatic carboxylic acids is 2. The van der Waals surface area contributed by atoms with Crippen molar-refractivity contribution in [2.24, 2.45) is 5.73 Å². The third kappa shape index (κ3) is 10.1. The van der Waals surface area contributed by atoms with Crippen LogP contribution >= 0.6 is 34.4 Å². The van der Waals surface area contributed by atoms with Gasteiger partial charge < -0.3 is 31.7 Å². The molecule has 0 saturated heterocycles. The molecule has 0 radical (unpaired) electrons. The molecular weight excluding hydrogens is 547 g/mol. The molecule has 1 rings (SSSR count). The van der Waals surface area contributed by atoms with E-state index in [-0.39, 0.29) is 18.6 Å². The van der Waals surface area contributed by atoms with Crippen LogP contribution in [0.2, 0.25) is 0 Å². The van der Waals surface area contributed by atoms with Gasteiger partial charge in [-0.25, -0.2) is 5.06 Å². The second-order valence-electron chi connectivity index (χ2n) is 6.20. The fourth-order valence-corrected chi connectivity index (χ4v) is 3.34. The minimum atomic E-state index is -1.49. The number of aliphatic hydroxyl groups excluding tert-OH is 1. The van der Waals surface area contributed by atoms with Gasteiger partial charge >= 0.3 is 11.9 Å². The van der Waals surface area contributed by atoms with Crippen LogP contribution in [-0.2, 0) is 19.2 Å². The summed E-state index contributed by atoms with van der Waals surface area (Å²) in [4.78, 5) is 45.7. The number of amides is 2. The molecule has 0 aliphatic carbocycles. The monoisotopic (exact) mass is 570 g/mol. The topological polar surface area (TPSA) is 203 Å². The molecule has 1 aromatic carbocycles. The third-order valence-corrected chi connectivity index (χ3v) is 5.52. The molecule has 0 heterocycles. The average molecular weight is 570 g/mol. The summed E-state index contributed by atoms with van der Waals surface area (Å²) in [6.07, 6.45) is -0.449. The van der Waals surface area contributed by atoms with Gasteiger partial charge in [-0.15, -0.1) is 11.8 Å². The molecule has 172 valence electrons. The molecule has 0 fully saturated rings. The van der Waals surface area contributed by atoms with E-state index >= 15 is 0 Å². The number of nitrogens with zero attached hydrogens (tertiary/aromatic N) is 1. The summed E-state index contributed by atoms with van der Waals surface area (Å²) >= 11 is 2.79. The lowest BCUT2D eigenvalue weighted by atomic mass is 10.1. The Morgan fingerprint density at radius 1 is 1.16 bits per heavy atom. The summed E-state index contributed by atoms with van der Waals surface area (Å²) in [7, 11) is 0. The van der Waals surface area contributed by atoms with Gasteiger partial charge in [0.2, 0.25) is 11.8 Å². The number of hydroxylamine groups is 1. The fraction of sp³-hybridized carbons (Fsp3) is 0.412. The first-order valence-corrected chi connectivity index (χ1v) is 10.9. The van der Waals surface area contributed by atoms with Gasteiger partial charge in [-0.3, -0.25) is 24.4 Å². The van der Waals surface area contributed by atoms with Crippen molar-refractivity contribution in [2.45, 2.75) is 30.5 Å². The quantitative estimate of drug-likeness (QED) is 0.0905. The number of carbonyl (C=O) groups excluding carboxylic acids is 2. The molecule has 1 aromatic rings. The molecule has 0 bridgehead atoms. The number of carboxylic acid groups (broad SMARTS) is 2. The molecule has 0 aliphatic rings. The number of anilines is 1.